The number of rotatable bonds is 6. The van der Waals surface area contributed by atoms with Gasteiger partial charge >= 0.3 is 0 Å². The second-order valence-electron chi connectivity index (χ2n) is 13.1. The van der Waals surface area contributed by atoms with Gasteiger partial charge in [-0.25, -0.2) is 4.98 Å². The average Bonchev–Trinajstić information content (AvgIpc) is 3.24. The molecule has 0 bridgehead atoms. The zero-order valence-corrected chi connectivity index (χ0v) is 28.4. The van der Waals surface area contributed by atoms with Gasteiger partial charge in [0.05, 0.1) is 22.8 Å². The van der Waals surface area contributed by atoms with Crippen LogP contribution in [0.25, 0.3) is 88.6 Å². The summed E-state index contributed by atoms with van der Waals surface area (Å²) in [6.45, 7) is 0. The molecule has 0 amide bonds. The fourth-order valence-corrected chi connectivity index (χ4v) is 7.19. The first-order chi connectivity index (χ1) is 25.7. The molecular formula is C50H32N2. The molecule has 9 rings (SSSR count). The highest BCUT2D eigenvalue weighted by atomic mass is 14.7. The minimum Gasteiger partial charge on any atom is -0.247 e. The summed E-state index contributed by atoms with van der Waals surface area (Å²) < 4.78 is 0. The molecule has 0 spiro atoms. The predicted octanol–water partition coefficient (Wildman–Crippen LogP) is 13.3. The van der Waals surface area contributed by atoms with E-state index >= 15 is 0 Å². The topological polar surface area (TPSA) is 36.7 Å². The Morgan fingerprint density at radius 1 is 0.327 bits per heavy atom. The Balaban J connectivity index is 1.22. The molecule has 0 N–H and O–H groups in total. The molecule has 9 aromatic rings. The van der Waals surface area contributed by atoms with Crippen molar-refractivity contribution in [1.29, 1.82) is 5.26 Å². The molecule has 242 valence electrons. The first-order valence-electron chi connectivity index (χ1n) is 17.5. The third-order valence-corrected chi connectivity index (χ3v) is 9.95. The van der Waals surface area contributed by atoms with Crippen LogP contribution in [0.2, 0.25) is 0 Å². The summed E-state index contributed by atoms with van der Waals surface area (Å²) >= 11 is 0. The summed E-state index contributed by atoms with van der Waals surface area (Å²) in [6, 6.07) is 70.6. The number of fused-ring (bicyclic) bond motifs is 3. The van der Waals surface area contributed by atoms with E-state index in [0.717, 1.165) is 60.8 Å². The van der Waals surface area contributed by atoms with Crippen LogP contribution in [0.4, 0.5) is 0 Å². The molecule has 0 aliphatic heterocycles. The van der Waals surface area contributed by atoms with E-state index in [0.29, 0.717) is 5.56 Å². The summed E-state index contributed by atoms with van der Waals surface area (Å²) in [5.41, 5.74) is 15.2. The Morgan fingerprint density at radius 3 is 1.21 bits per heavy atom. The number of benzene rings is 8. The molecule has 1 aromatic heterocycles. The number of nitrogens with zero attached hydrogens (tertiary/aromatic N) is 2. The van der Waals surface area contributed by atoms with Crippen LogP contribution in [0.15, 0.2) is 194 Å². The number of nitriles is 1. The molecular weight excluding hydrogens is 629 g/mol. The van der Waals surface area contributed by atoms with Crippen molar-refractivity contribution in [3.8, 4) is 73.0 Å². The summed E-state index contributed by atoms with van der Waals surface area (Å²) in [4.78, 5) is 5.41. The van der Waals surface area contributed by atoms with E-state index in [1.54, 1.807) is 0 Å². The molecule has 0 atom stereocenters. The zero-order valence-electron chi connectivity index (χ0n) is 28.4. The van der Waals surface area contributed by atoms with Crippen molar-refractivity contribution >= 4 is 21.7 Å². The Labute approximate surface area is 303 Å². The average molecular weight is 661 g/mol. The van der Waals surface area contributed by atoms with Crippen molar-refractivity contribution in [3.05, 3.63) is 200 Å². The van der Waals surface area contributed by atoms with Gasteiger partial charge in [0, 0.05) is 16.3 Å². The third-order valence-electron chi connectivity index (χ3n) is 9.95. The van der Waals surface area contributed by atoms with Gasteiger partial charge in [-0.05, 0) is 85.3 Å². The Morgan fingerprint density at radius 2 is 0.712 bits per heavy atom. The summed E-state index contributed by atoms with van der Waals surface area (Å²) in [7, 11) is 0. The zero-order chi connectivity index (χ0) is 34.9. The maximum Gasteiger partial charge on any atom is 0.0991 e. The SMILES string of the molecule is N#Cc1ccc(-c2ccc(-c3cc4c(-c5ccc(-c6ccccc6)cc5)cc(-c5ccc(-c6ccccc6)cc5)nc4c4ccccc34)cc2)cc1. The van der Waals surface area contributed by atoms with Crippen molar-refractivity contribution in [2.24, 2.45) is 0 Å². The highest BCUT2D eigenvalue weighted by Gasteiger charge is 2.16. The van der Waals surface area contributed by atoms with E-state index in [4.69, 9.17) is 4.98 Å². The molecule has 0 saturated carbocycles. The van der Waals surface area contributed by atoms with Gasteiger partial charge in [0.25, 0.3) is 0 Å². The fraction of sp³-hybridized carbons (Fsp3) is 0. The Hall–Kier alpha value is -7.08. The van der Waals surface area contributed by atoms with Crippen LogP contribution in [-0.4, -0.2) is 4.98 Å². The fourth-order valence-electron chi connectivity index (χ4n) is 7.19. The van der Waals surface area contributed by atoms with E-state index in [1.807, 2.05) is 30.3 Å². The van der Waals surface area contributed by atoms with Crippen molar-refractivity contribution in [2.45, 2.75) is 0 Å². The smallest absolute Gasteiger partial charge is 0.0991 e. The first kappa shape index (κ1) is 30.9. The molecule has 0 aliphatic rings. The molecule has 1 heterocycles. The van der Waals surface area contributed by atoms with E-state index in [9.17, 15) is 5.26 Å². The lowest BCUT2D eigenvalue weighted by atomic mass is 9.90. The maximum atomic E-state index is 9.24. The Bertz CT molecular complexity index is 2720. The van der Waals surface area contributed by atoms with Crippen molar-refractivity contribution in [1.82, 2.24) is 4.98 Å². The highest BCUT2D eigenvalue weighted by molar-refractivity contribution is 6.16. The second kappa shape index (κ2) is 13.3. The van der Waals surface area contributed by atoms with Gasteiger partial charge in [-0.2, -0.15) is 5.26 Å². The van der Waals surface area contributed by atoms with E-state index in [-0.39, 0.29) is 0 Å². The van der Waals surface area contributed by atoms with Crippen LogP contribution in [0, 0.1) is 11.3 Å². The number of hydrogen-bond donors (Lipinski definition) is 0. The van der Waals surface area contributed by atoms with Gasteiger partial charge < -0.3 is 0 Å². The van der Waals surface area contributed by atoms with Crippen LogP contribution in [-0.2, 0) is 0 Å². The lowest BCUT2D eigenvalue weighted by Crippen LogP contribution is -1.93. The normalized spacial score (nSPS) is 11.1. The van der Waals surface area contributed by atoms with Gasteiger partial charge in [-0.15, -0.1) is 0 Å². The molecule has 2 nitrogen and oxygen atoms in total. The highest BCUT2D eigenvalue weighted by Crippen LogP contribution is 2.41. The molecule has 2 heteroatoms. The molecule has 52 heavy (non-hydrogen) atoms. The molecule has 0 radical (unpaired) electrons. The standard InChI is InChI=1S/C50H32N2/c51-33-34-15-17-37(18-16-34)40-21-25-41(26-22-40)46-31-48-47(42-27-19-38(20-28-42)35-9-3-1-4-10-35)32-49(52-50(48)45-14-8-7-13-44(45)46)43-29-23-39(24-30-43)36-11-5-2-6-12-36/h1-32H. The number of aromatic nitrogens is 1. The van der Waals surface area contributed by atoms with Gasteiger partial charge in [-0.3, -0.25) is 0 Å². The van der Waals surface area contributed by atoms with Crippen LogP contribution >= 0.6 is 0 Å². The van der Waals surface area contributed by atoms with E-state index in [1.165, 1.54) is 27.8 Å². The van der Waals surface area contributed by atoms with E-state index in [2.05, 4.69) is 170 Å². The summed E-state index contributed by atoms with van der Waals surface area (Å²) in [5, 5.41) is 12.6. The van der Waals surface area contributed by atoms with Crippen LogP contribution < -0.4 is 0 Å². The van der Waals surface area contributed by atoms with Crippen molar-refractivity contribution in [3.63, 3.8) is 0 Å². The summed E-state index contributed by atoms with van der Waals surface area (Å²) in [5.74, 6) is 0. The predicted molar refractivity (Wildman–Crippen MR) is 217 cm³/mol. The van der Waals surface area contributed by atoms with Gasteiger partial charge in [0.2, 0.25) is 0 Å². The molecule has 0 saturated heterocycles. The first-order valence-corrected chi connectivity index (χ1v) is 17.5. The minimum absolute atomic E-state index is 0.662. The van der Waals surface area contributed by atoms with Gasteiger partial charge in [0.1, 0.15) is 0 Å². The summed E-state index contributed by atoms with van der Waals surface area (Å²) in [6.07, 6.45) is 0. The van der Waals surface area contributed by atoms with Crippen molar-refractivity contribution in [2.75, 3.05) is 0 Å². The third kappa shape index (κ3) is 5.81. The number of hydrogen-bond acceptors (Lipinski definition) is 2. The lowest BCUT2D eigenvalue weighted by Gasteiger charge is -2.16. The molecule has 8 aromatic carbocycles. The molecule has 0 fully saturated rings. The van der Waals surface area contributed by atoms with Crippen molar-refractivity contribution < 1.29 is 0 Å². The number of pyridine rings is 1. The van der Waals surface area contributed by atoms with Crippen LogP contribution in [0.5, 0.6) is 0 Å². The van der Waals surface area contributed by atoms with Crippen LogP contribution in [0.3, 0.4) is 0 Å². The minimum atomic E-state index is 0.662. The van der Waals surface area contributed by atoms with Gasteiger partial charge in [-0.1, -0.05) is 170 Å². The monoisotopic (exact) mass is 660 g/mol. The van der Waals surface area contributed by atoms with Gasteiger partial charge in [0.15, 0.2) is 0 Å². The lowest BCUT2D eigenvalue weighted by molar-refractivity contribution is 1.41. The second-order valence-corrected chi connectivity index (χ2v) is 13.1. The molecule has 0 unspecified atom stereocenters. The Kier molecular flexibility index (Phi) is 7.93. The molecule has 0 aliphatic carbocycles. The maximum absolute atomic E-state index is 9.24. The van der Waals surface area contributed by atoms with E-state index < -0.39 is 0 Å². The van der Waals surface area contributed by atoms with Crippen LogP contribution in [0.1, 0.15) is 5.56 Å². The quantitative estimate of drug-likeness (QED) is 0.166. The largest absolute Gasteiger partial charge is 0.247 e.